The molecule has 1 aliphatic rings. The number of ether oxygens (including phenoxy) is 1. The van der Waals surface area contributed by atoms with Crippen molar-refractivity contribution in [3.05, 3.63) is 83.7 Å². The molecule has 0 saturated carbocycles. The maximum absolute atomic E-state index is 13.1. The van der Waals surface area contributed by atoms with Gasteiger partial charge in [-0.15, -0.1) is 0 Å². The van der Waals surface area contributed by atoms with Gasteiger partial charge >= 0.3 is 0 Å². The molecule has 4 rings (SSSR count). The van der Waals surface area contributed by atoms with Gasteiger partial charge < -0.3 is 14.7 Å². The number of pyridine rings is 1. The second-order valence-electron chi connectivity index (χ2n) is 8.11. The lowest BCUT2D eigenvalue weighted by molar-refractivity contribution is -0.140. The standard InChI is InChI=1S/C26H26N2O4/c1-17(2)32-14-6-13-28-23(21-9-5-12-27-16-21)22(25(30)26(28)31)24(29)20-11-10-18-7-3-4-8-19(18)15-20/h3-5,7-12,15-17,23,29H,6,13-14H2,1-2H3/b24-22-. The molecule has 1 amide bonds. The highest BCUT2D eigenvalue weighted by Gasteiger charge is 2.45. The summed E-state index contributed by atoms with van der Waals surface area (Å²) < 4.78 is 5.59. The van der Waals surface area contributed by atoms with Crippen LogP contribution in [-0.4, -0.2) is 45.9 Å². The third-order valence-electron chi connectivity index (χ3n) is 5.56. The first kappa shape index (κ1) is 21.7. The Morgan fingerprint density at radius 1 is 1.09 bits per heavy atom. The van der Waals surface area contributed by atoms with Gasteiger partial charge in [0.05, 0.1) is 17.7 Å². The highest BCUT2D eigenvalue weighted by atomic mass is 16.5. The molecule has 32 heavy (non-hydrogen) atoms. The molecule has 2 aromatic carbocycles. The van der Waals surface area contributed by atoms with E-state index in [0.29, 0.717) is 30.7 Å². The third-order valence-corrected chi connectivity index (χ3v) is 5.56. The van der Waals surface area contributed by atoms with E-state index in [-0.39, 0.29) is 17.4 Å². The molecule has 0 bridgehead atoms. The van der Waals surface area contributed by atoms with Gasteiger partial charge in [-0.25, -0.2) is 0 Å². The van der Waals surface area contributed by atoms with E-state index in [4.69, 9.17) is 4.74 Å². The van der Waals surface area contributed by atoms with Crippen molar-refractivity contribution in [3.63, 3.8) is 0 Å². The van der Waals surface area contributed by atoms with Crippen LogP contribution in [0.15, 0.2) is 72.6 Å². The Balaban J connectivity index is 1.75. The molecule has 3 aromatic rings. The van der Waals surface area contributed by atoms with Crippen LogP contribution < -0.4 is 0 Å². The first-order valence-corrected chi connectivity index (χ1v) is 10.8. The summed E-state index contributed by atoms with van der Waals surface area (Å²) in [7, 11) is 0. The Kier molecular flexibility index (Phi) is 6.32. The van der Waals surface area contributed by atoms with Gasteiger partial charge in [-0.3, -0.25) is 14.6 Å². The van der Waals surface area contributed by atoms with Crippen LogP contribution >= 0.6 is 0 Å². The van der Waals surface area contributed by atoms with E-state index in [9.17, 15) is 14.7 Å². The molecule has 0 aliphatic carbocycles. The minimum absolute atomic E-state index is 0.0862. The second-order valence-corrected chi connectivity index (χ2v) is 8.11. The Hall–Kier alpha value is -3.51. The maximum Gasteiger partial charge on any atom is 0.295 e. The predicted molar refractivity (Wildman–Crippen MR) is 123 cm³/mol. The first-order chi connectivity index (χ1) is 15.5. The smallest absolute Gasteiger partial charge is 0.295 e. The van der Waals surface area contributed by atoms with Gasteiger partial charge in [0, 0.05) is 31.1 Å². The summed E-state index contributed by atoms with van der Waals surface area (Å²) in [4.78, 5) is 31.7. The van der Waals surface area contributed by atoms with Crippen LogP contribution in [0.3, 0.4) is 0 Å². The summed E-state index contributed by atoms with van der Waals surface area (Å²) >= 11 is 0. The third kappa shape index (κ3) is 4.27. The number of likely N-dealkylation sites (tertiary alicyclic amines) is 1. The van der Waals surface area contributed by atoms with E-state index in [0.717, 1.165) is 10.8 Å². The zero-order valence-electron chi connectivity index (χ0n) is 18.2. The van der Waals surface area contributed by atoms with Gasteiger partial charge in [-0.2, -0.15) is 0 Å². The highest BCUT2D eigenvalue weighted by molar-refractivity contribution is 6.46. The van der Waals surface area contributed by atoms with Crippen LogP contribution in [0.2, 0.25) is 0 Å². The van der Waals surface area contributed by atoms with Gasteiger partial charge in [0.15, 0.2) is 0 Å². The highest BCUT2D eigenvalue weighted by Crippen LogP contribution is 2.39. The van der Waals surface area contributed by atoms with Crippen molar-refractivity contribution in [2.75, 3.05) is 13.2 Å². The van der Waals surface area contributed by atoms with Gasteiger partial charge in [-0.05, 0) is 48.7 Å². The lowest BCUT2D eigenvalue weighted by Crippen LogP contribution is -2.31. The monoisotopic (exact) mass is 430 g/mol. The fourth-order valence-corrected chi connectivity index (χ4v) is 4.04. The molecule has 0 spiro atoms. The Labute approximate surface area is 187 Å². The Bertz CT molecular complexity index is 1170. The lowest BCUT2D eigenvalue weighted by Gasteiger charge is -2.25. The summed E-state index contributed by atoms with van der Waals surface area (Å²) in [6.45, 7) is 4.72. The van der Waals surface area contributed by atoms with Gasteiger partial charge in [0.1, 0.15) is 5.76 Å². The minimum atomic E-state index is -0.700. The predicted octanol–water partition coefficient (Wildman–Crippen LogP) is 4.47. The number of carbonyl (C=O) groups excluding carboxylic acids is 2. The van der Waals surface area contributed by atoms with Crippen molar-refractivity contribution in [2.24, 2.45) is 0 Å². The van der Waals surface area contributed by atoms with E-state index in [2.05, 4.69) is 4.98 Å². The van der Waals surface area contributed by atoms with Gasteiger partial charge in [-0.1, -0.05) is 42.5 Å². The number of amides is 1. The summed E-state index contributed by atoms with van der Waals surface area (Å²) in [5, 5.41) is 13.2. The lowest BCUT2D eigenvalue weighted by atomic mass is 9.95. The average Bonchev–Trinajstić information content (AvgIpc) is 3.06. The van der Waals surface area contributed by atoms with E-state index in [1.165, 1.54) is 4.90 Å². The quantitative estimate of drug-likeness (QED) is 0.259. The zero-order chi connectivity index (χ0) is 22.7. The molecule has 164 valence electrons. The molecule has 1 atom stereocenters. The number of hydrogen-bond donors (Lipinski definition) is 1. The van der Waals surface area contributed by atoms with Crippen LogP contribution in [0.25, 0.3) is 16.5 Å². The number of fused-ring (bicyclic) bond motifs is 1. The number of ketones is 1. The van der Waals surface area contributed by atoms with Crippen molar-refractivity contribution in [3.8, 4) is 0 Å². The summed E-state index contributed by atoms with van der Waals surface area (Å²) in [5.74, 6) is -1.48. The number of nitrogens with zero attached hydrogens (tertiary/aromatic N) is 2. The Morgan fingerprint density at radius 2 is 1.88 bits per heavy atom. The molecule has 6 heteroatoms. The van der Waals surface area contributed by atoms with Crippen LogP contribution in [-0.2, 0) is 14.3 Å². The zero-order valence-corrected chi connectivity index (χ0v) is 18.2. The van der Waals surface area contributed by atoms with Crippen LogP contribution in [0.1, 0.15) is 37.4 Å². The van der Waals surface area contributed by atoms with E-state index in [1.54, 1.807) is 24.5 Å². The number of carbonyl (C=O) groups is 2. The number of hydrogen-bond acceptors (Lipinski definition) is 5. The largest absolute Gasteiger partial charge is 0.507 e. The fourth-order valence-electron chi connectivity index (χ4n) is 4.04. The molecule has 1 saturated heterocycles. The molecule has 2 heterocycles. The number of aliphatic hydroxyl groups is 1. The van der Waals surface area contributed by atoms with Crippen LogP contribution in [0.4, 0.5) is 0 Å². The van der Waals surface area contributed by atoms with Crippen molar-refractivity contribution < 1.29 is 19.4 Å². The summed E-state index contributed by atoms with van der Waals surface area (Å²) in [5.41, 5.74) is 1.26. The maximum atomic E-state index is 13.1. The second kappa shape index (κ2) is 9.32. The van der Waals surface area contributed by atoms with Crippen molar-refractivity contribution >= 4 is 28.2 Å². The molecule has 1 fully saturated rings. The van der Waals surface area contributed by atoms with E-state index < -0.39 is 17.7 Å². The molecule has 1 aliphatic heterocycles. The number of rotatable bonds is 7. The van der Waals surface area contributed by atoms with Gasteiger partial charge in [0.25, 0.3) is 11.7 Å². The molecular weight excluding hydrogens is 404 g/mol. The van der Waals surface area contributed by atoms with E-state index >= 15 is 0 Å². The van der Waals surface area contributed by atoms with Gasteiger partial charge in [0.2, 0.25) is 0 Å². The number of aliphatic hydroxyl groups excluding tert-OH is 1. The number of aromatic nitrogens is 1. The van der Waals surface area contributed by atoms with Crippen molar-refractivity contribution in [1.29, 1.82) is 0 Å². The molecule has 1 unspecified atom stereocenters. The normalized spacial score (nSPS) is 18.1. The average molecular weight is 431 g/mol. The van der Waals surface area contributed by atoms with Crippen molar-refractivity contribution in [1.82, 2.24) is 9.88 Å². The number of benzene rings is 2. The molecule has 6 nitrogen and oxygen atoms in total. The molecule has 1 aromatic heterocycles. The summed E-state index contributed by atoms with van der Waals surface area (Å²) in [6, 6.07) is 16.1. The Morgan fingerprint density at radius 3 is 2.59 bits per heavy atom. The molecular formula is C26H26N2O4. The number of Topliss-reactive ketones (excluding diaryl/α,β-unsaturated/α-hetero) is 1. The molecule has 1 N–H and O–H groups in total. The minimum Gasteiger partial charge on any atom is -0.507 e. The first-order valence-electron chi connectivity index (χ1n) is 10.8. The van der Waals surface area contributed by atoms with E-state index in [1.807, 2.05) is 56.3 Å². The SMILES string of the molecule is CC(C)OCCCN1C(=O)C(=O)/C(=C(\O)c2ccc3ccccc3c2)C1c1cccnc1. The molecule has 0 radical (unpaired) electrons. The topological polar surface area (TPSA) is 79.7 Å². The van der Waals surface area contributed by atoms with Crippen LogP contribution in [0.5, 0.6) is 0 Å². The summed E-state index contributed by atoms with van der Waals surface area (Å²) in [6.07, 6.45) is 3.93. The fraction of sp³-hybridized carbons (Fsp3) is 0.269. The van der Waals surface area contributed by atoms with Crippen LogP contribution in [0, 0.1) is 0 Å². The van der Waals surface area contributed by atoms with Crippen molar-refractivity contribution in [2.45, 2.75) is 32.4 Å².